The molecule has 15 heavy (non-hydrogen) atoms. The molecule has 2 heterocycles. The molecule has 1 unspecified atom stereocenters. The third-order valence-electron chi connectivity index (χ3n) is 2.66. The number of hydrogen-bond donors (Lipinski definition) is 1. The highest BCUT2D eigenvalue weighted by atomic mass is 15.2. The van der Waals surface area contributed by atoms with Crippen LogP contribution in [0.5, 0.6) is 0 Å². The first kappa shape index (κ1) is 9.94. The molecule has 1 saturated heterocycles. The molecule has 4 heteroatoms. The number of pyridine rings is 1. The van der Waals surface area contributed by atoms with Crippen LogP contribution < -0.4 is 10.6 Å². The summed E-state index contributed by atoms with van der Waals surface area (Å²) in [5.41, 5.74) is 6.49. The van der Waals surface area contributed by atoms with Crippen molar-refractivity contribution in [2.75, 3.05) is 18.0 Å². The maximum absolute atomic E-state index is 8.66. The second-order valence-electron chi connectivity index (χ2n) is 3.87. The van der Waals surface area contributed by atoms with Gasteiger partial charge < -0.3 is 10.6 Å². The van der Waals surface area contributed by atoms with Crippen LogP contribution in [0.3, 0.4) is 0 Å². The van der Waals surface area contributed by atoms with E-state index < -0.39 is 0 Å². The predicted molar refractivity (Wildman–Crippen MR) is 58.4 cm³/mol. The van der Waals surface area contributed by atoms with Crippen LogP contribution in [0.15, 0.2) is 18.3 Å². The molecule has 1 aliphatic rings. The molecule has 0 aromatic carbocycles. The minimum Gasteiger partial charge on any atom is -0.355 e. The van der Waals surface area contributed by atoms with Gasteiger partial charge in [0.25, 0.3) is 0 Å². The van der Waals surface area contributed by atoms with Crippen molar-refractivity contribution >= 4 is 5.82 Å². The number of anilines is 1. The highest BCUT2D eigenvalue weighted by Crippen LogP contribution is 2.16. The summed E-state index contributed by atoms with van der Waals surface area (Å²) >= 11 is 0. The number of piperidine rings is 1. The van der Waals surface area contributed by atoms with Crippen LogP contribution in [0.25, 0.3) is 0 Å². The highest BCUT2D eigenvalue weighted by Gasteiger charge is 2.17. The summed E-state index contributed by atoms with van der Waals surface area (Å²) in [5.74, 6) is 0.921. The zero-order valence-corrected chi connectivity index (χ0v) is 8.56. The van der Waals surface area contributed by atoms with Gasteiger partial charge in [0.2, 0.25) is 0 Å². The van der Waals surface area contributed by atoms with Gasteiger partial charge in [0.1, 0.15) is 11.9 Å². The van der Waals surface area contributed by atoms with Gasteiger partial charge in [0.05, 0.1) is 5.56 Å². The topological polar surface area (TPSA) is 65.9 Å². The second kappa shape index (κ2) is 4.28. The molecule has 2 rings (SSSR count). The first-order valence-electron chi connectivity index (χ1n) is 5.16. The average Bonchev–Trinajstić information content (AvgIpc) is 2.29. The van der Waals surface area contributed by atoms with Crippen molar-refractivity contribution in [3.8, 4) is 6.07 Å². The molecule has 0 amide bonds. The normalized spacial score (nSPS) is 21.1. The summed E-state index contributed by atoms with van der Waals surface area (Å²) < 4.78 is 0. The Labute approximate surface area is 89.3 Å². The van der Waals surface area contributed by atoms with Crippen molar-refractivity contribution in [3.63, 3.8) is 0 Å². The van der Waals surface area contributed by atoms with E-state index in [2.05, 4.69) is 16.0 Å². The number of rotatable bonds is 1. The van der Waals surface area contributed by atoms with Gasteiger partial charge in [-0.15, -0.1) is 0 Å². The first-order chi connectivity index (χ1) is 7.29. The molecule has 1 aliphatic heterocycles. The minimum absolute atomic E-state index is 0.246. The summed E-state index contributed by atoms with van der Waals surface area (Å²) in [4.78, 5) is 6.43. The minimum atomic E-state index is 0.246. The lowest BCUT2D eigenvalue weighted by Gasteiger charge is -2.31. The van der Waals surface area contributed by atoms with Gasteiger partial charge in [-0.1, -0.05) is 0 Å². The van der Waals surface area contributed by atoms with Crippen molar-refractivity contribution in [3.05, 3.63) is 23.9 Å². The Kier molecular flexibility index (Phi) is 2.84. The van der Waals surface area contributed by atoms with Crippen molar-refractivity contribution in [1.82, 2.24) is 4.98 Å². The molecule has 1 fully saturated rings. The quantitative estimate of drug-likeness (QED) is 0.734. The molecule has 4 nitrogen and oxygen atoms in total. The Morgan fingerprint density at radius 3 is 3.00 bits per heavy atom. The highest BCUT2D eigenvalue weighted by molar-refractivity contribution is 5.42. The Hall–Kier alpha value is -1.60. The number of nitrogens with zero attached hydrogens (tertiary/aromatic N) is 3. The Balaban J connectivity index is 2.12. The zero-order valence-electron chi connectivity index (χ0n) is 8.56. The van der Waals surface area contributed by atoms with Crippen molar-refractivity contribution in [1.29, 1.82) is 5.26 Å². The van der Waals surface area contributed by atoms with Gasteiger partial charge >= 0.3 is 0 Å². The smallest absolute Gasteiger partial charge is 0.128 e. The Morgan fingerprint density at radius 1 is 1.53 bits per heavy atom. The van der Waals surface area contributed by atoms with Gasteiger partial charge in [-0.2, -0.15) is 5.26 Å². The van der Waals surface area contributed by atoms with Crippen LogP contribution in [0.2, 0.25) is 0 Å². The summed E-state index contributed by atoms with van der Waals surface area (Å²) in [7, 11) is 0. The lowest BCUT2D eigenvalue weighted by molar-refractivity contribution is 0.503. The lowest BCUT2D eigenvalue weighted by Crippen LogP contribution is -2.43. The van der Waals surface area contributed by atoms with Crippen LogP contribution in [-0.4, -0.2) is 24.1 Å². The fraction of sp³-hybridized carbons (Fsp3) is 0.455. The fourth-order valence-electron chi connectivity index (χ4n) is 1.86. The van der Waals surface area contributed by atoms with E-state index in [1.165, 1.54) is 0 Å². The van der Waals surface area contributed by atoms with Crippen LogP contribution in [0, 0.1) is 11.3 Å². The van der Waals surface area contributed by atoms with Crippen molar-refractivity contribution in [2.45, 2.75) is 18.9 Å². The van der Waals surface area contributed by atoms with E-state index in [0.717, 1.165) is 31.7 Å². The van der Waals surface area contributed by atoms with E-state index in [4.69, 9.17) is 11.0 Å². The third kappa shape index (κ3) is 2.25. The van der Waals surface area contributed by atoms with E-state index in [1.807, 2.05) is 6.07 Å². The Bertz CT molecular complexity index is 365. The van der Waals surface area contributed by atoms with Crippen LogP contribution in [-0.2, 0) is 0 Å². The van der Waals surface area contributed by atoms with Crippen LogP contribution >= 0.6 is 0 Å². The van der Waals surface area contributed by atoms with E-state index >= 15 is 0 Å². The number of aromatic nitrogens is 1. The number of nitrogens with two attached hydrogens (primary N) is 1. The maximum Gasteiger partial charge on any atom is 0.128 e. The molecule has 2 N–H and O–H groups in total. The third-order valence-corrected chi connectivity index (χ3v) is 2.66. The molecule has 1 aromatic rings. The number of hydrogen-bond acceptors (Lipinski definition) is 4. The first-order valence-corrected chi connectivity index (χ1v) is 5.16. The van der Waals surface area contributed by atoms with Crippen LogP contribution in [0.4, 0.5) is 5.82 Å². The van der Waals surface area contributed by atoms with Crippen molar-refractivity contribution < 1.29 is 0 Å². The fourth-order valence-corrected chi connectivity index (χ4v) is 1.86. The van der Waals surface area contributed by atoms with E-state index in [9.17, 15) is 0 Å². The maximum atomic E-state index is 8.66. The molecular formula is C11H14N4. The summed E-state index contributed by atoms with van der Waals surface area (Å²) in [6.45, 7) is 1.87. The molecule has 0 bridgehead atoms. The van der Waals surface area contributed by atoms with E-state index in [0.29, 0.717) is 5.56 Å². The largest absolute Gasteiger partial charge is 0.355 e. The monoisotopic (exact) mass is 202 g/mol. The van der Waals surface area contributed by atoms with E-state index in [1.54, 1.807) is 12.3 Å². The zero-order chi connectivity index (χ0) is 10.7. The molecule has 0 spiro atoms. The van der Waals surface area contributed by atoms with Gasteiger partial charge in [0, 0.05) is 25.3 Å². The molecule has 0 aliphatic carbocycles. The summed E-state index contributed by atoms with van der Waals surface area (Å²) in [6.07, 6.45) is 3.81. The lowest BCUT2D eigenvalue weighted by atomic mass is 10.1. The Morgan fingerprint density at radius 2 is 2.40 bits per heavy atom. The van der Waals surface area contributed by atoms with Gasteiger partial charge in [-0.25, -0.2) is 4.98 Å². The van der Waals surface area contributed by atoms with Gasteiger partial charge in [-0.3, -0.25) is 0 Å². The molecular weight excluding hydrogens is 188 g/mol. The number of nitriles is 1. The molecule has 1 aromatic heterocycles. The SMILES string of the molecule is N#Cc1ccc(N2CCCC(N)C2)nc1. The molecule has 0 radical (unpaired) electrons. The summed E-state index contributed by atoms with van der Waals surface area (Å²) in [6, 6.07) is 5.99. The summed E-state index contributed by atoms with van der Waals surface area (Å²) in [5, 5.41) is 8.66. The van der Waals surface area contributed by atoms with Crippen molar-refractivity contribution in [2.24, 2.45) is 5.73 Å². The average molecular weight is 202 g/mol. The van der Waals surface area contributed by atoms with Gasteiger partial charge in [0.15, 0.2) is 0 Å². The molecule has 0 saturated carbocycles. The standard InChI is InChI=1S/C11H14N4/c12-6-9-3-4-11(14-7-9)15-5-1-2-10(13)8-15/h3-4,7,10H,1-2,5,8,13H2. The second-order valence-corrected chi connectivity index (χ2v) is 3.87. The van der Waals surface area contributed by atoms with Gasteiger partial charge in [-0.05, 0) is 25.0 Å². The van der Waals surface area contributed by atoms with Crippen LogP contribution in [0.1, 0.15) is 18.4 Å². The van der Waals surface area contributed by atoms with E-state index in [-0.39, 0.29) is 6.04 Å². The molecule has 1 atom stereocenters. The molecule has 78 valence electrons. The predicted octanol–water partition coefficient (Wildman–Crippen LogP) is 0.881.